The van der Waals surface area contributed by atoms with Gasteiger partial charge in [-0.05, 0) is 94.9 Å². The van der Waals surface area contributed by atoms with Crippen LogP contribution in [0, 0.1) is 6.08 Å². The fourth-order valence-corrected chi connectivity index (χ4v) is 5.30. The second kappa shape index (κ2) is 32.4. The fraction of sp³-hybridized carbons (Fsp3) is 0.500. The molecular weight excluding hydrogens is 791 g/mol. The first kappa shape index (κ1) is 48.8. The predicted octanol–water partition coefficient (Wildman–Crippen LogP) is 9.36. The summed E-state index contributed by atoms with van der Waals surface area (Å²) in [6, 6.07) is 25.9. The molecule has 0 N–H and O–H groups in total. The van der Waals surface area contributed by atoms with Crippen LogP contribution in [0.1, 0.15) is 60.6 Å². The maximum atomic E-state index is 4.37. The topological polar surface area (TPSA) is 52.0 Å². The number of hydrogen-bond donors (Lipinski definition) is 0. The van der Waals surface area contributed by atoms with Crippen molar-refractivity contribution in [1.82, 2.24) is 14.7 Å². The zero-order chi connectivity index (χ0) is 36.8. The van der Waals surface area contributed by atoms with E-state index >= 15 is 0 Å². The maximum absolute atomic E-state index is 4.37. The van der Waals surface area contributed by atoms with Crippen molar-refractivity contribution < 1.29 is 25.8 Å². The molecule has 0 amide bonds. The molecule has 0 saturated carbocycles. The van der Waals surface area contributed by atoms with Crippen LogP contribution in [-0.4, -0.2) is 96.3 Å². The normalized spacial score (nSPS) is 11.4. The van der Waals surface area contributed by atoms with E-state index in [2.05, 4.69) is 179 Å². The molecule has 1 aliphatic rings. The zero-order valence-electron chi connectivity index (χ0n) is 33.5. The number of hydrogen-bond acceptors (Lipinski definition) is 3. The van der Waals surface area contributed by atoms with Gasteiger partial charge in [0, 0.05) is 19.6 Å². The Balaban J connectivity index is 0.000000679. The first-order valence-corrected chi connectivity index (χ1v) is 18.5. The van der Waals surface area contributed by atoms with Gasteiger partial charge in [0.25, 0.3) is 0 Å². The SMILES string of the molecule is CC[N-]CCc1ccccc1CN(C)C.CC[N-]CCc1ccccc1CN(C)C.CC[N-]CCc1ccccc1CN(C)C.[C-]1=CC=CC1.[Hf+4]. The van der Waals surface area contributed by atoms with Crippen LogP contribution >= 0.6 is 0 Å². The molecule has 0 unspecified atom stereocenters. The van der Waals surface area contributed by atoms with Crippen LogP contribution < -0.4 is 0 Å². The predicted molar refractivity (Wildman–Crippen MR) is 220 cm³/mol. The van der Waals surface area contributed by atoms with Crippen molar-refractivity contribution in [3.8, 4) is 0 Å². The third kappa shape index (κ3) is 25.4. The summed E-state index contributed by atoms with van der Waals surface area (Å²) >= 11 is 0. The molecule has 7 heteroatoms. The molecule has 278 valence electrons. The quantitative estimate of drug-likeness (QED) is 0.0729. The second-order valence-corrected chi connectivity index (χ2v) is 13.1. The van der Waals surface area contributed by atoms with Gasteiger partial charge in [0.05, 0.1) is 0 Å². The van der Waals surface area contributed by atoms with Gasteiger partial charge in [0.2, 0.25) is 0 Å². The molecule has 0 heterocycles. The van der Waals surface area contributed by atoms with Crippen molar-refractivity contribution in [2.24, 2.45) is 0 Å². The smallest absolute Gasteiger partial charge is 0.662 e. The third-order valence-corrected chi connectivity index (χ3v) is 7.69. The van der Waals surface area contributed by atoms with E-state index in [9.17, 15) is 0 Å². The van der Waals surface area contributed by atoms with E-state index in [0.29, 0.717) is 0 Å². The summed E-state index contributed by atoms with van der Waals surface area (Å²) in [7, 11) is 12.6. The Morgan fingerprint density at radius 2 is 0.784 bits per heavy atom. The Bertz CT molecular complexity index is 1150. The third-order valence-electron chi connectivity index (χ3n) is 7.69. The molecule has 6 nitrogen and oxygen atoms in total. The molecule has 3 aromatic carbocycles. The van der Waals surface area contributed by atoms with Crippen LogP contribution in [0.3, 0.4) is 0 Å². The van der Waals surface area contributed by atoms with Crippen molar-refractivity contribution in [1.29, 1.82) is 0 Å². The summed E-state index contributed by atoms with van der Waals surface area (Å²) in [4.78, 5) is 6.61. The van der Waals surface area contributed by atoms with Gasteiger partial charge < -0.3 is 30.7 Å². The van der Waals surface area contributed by atoms with Crippen molar-refractivity contribution in [3.63, 3.8) is 0 Å². The Morgan fingerprint density at radius 1 is 0.490 bits per heavy atom. The molecule has 0 bridgehead atoms. The number of nitrogens with zero attached hydrogens (tertiary/aromatic N) is 6. The molecule has 0 fully saturated rings. The summed E-state index contributed by atoms with van der Waals surface area (Å²) in [6.45, 7) is 14.9. The maximum Gasteiger partial charge on any atom is 4.00 e. The molecule has 0 atom stereocenters. The molecule has 0 radical (unpaired) electrons. The van der Waals surface area contributed by atoms with Gasteiger partial charge in [0.15, 0.2) is 0 Å². The fourth-order valence-electron chi connectivity index (χ4n) is 5.30. The first-order chi connectivity index (χ1) is 24.2. The van der Waals surface area contributed by atoms with Crippen LogP contribution in [0.25, 0.3) is 16.0 Å². The summed E-state index contributed by atoms with van der Waals surface area (Å²) in [5.74, 6) is 0. The van der Waals surface area contributed by atoms with Crippen LogP contribution in [0.15, 0.2) is 91.0 Å². The Kier molecular flexibility index (Phi) is 31.0. The second-order valence-electron chi connectivity index (χ2n) is 13.1. The molecule has 4 rings (SSSR count). The summed E-state index contributed by atoms with van der Waals surface area (Å²) in [5.41, 5.74) is 8.58. The van der Waals surface area contributed by atoms with Gasteiger partial charge in [-0.3, -0.25) is 6.08 Å². The first-order valence-electron chi connectivity index (χ1n) is 18.5. The average Bonchev–Trinajstić information content (AvgIpc) is 3.68. The number of likely N-dealkylation sites (N-methyl/N-ethyl adjacent to an activating group) is 3. The van der Waals surface area contributed by atoms with Crippen LogP contribution in [0.4, 0.5) is 0 Å². The Hall–Kier alpha value is -2.23. The minimum Gasteiger partial charge on any atom is -0.662 e. The van der Waals surface area contributed by atoms with Crippen molar-refractivity contribution in [3.05, 3.63) is 146 Å². The number of benzene rings is 3. The van der Waals surface area contributed by atoms with E-state index < -0.39 is 0 Å². The standard InChI is InChI=1S/3C13H21N2.C5H5.Hf/c3*1-4-14-10-9-12-7-5-6-8-13(12)11-15(2)3;1-2-4-5-3-1;/h3*5-8H,4,9-11H2,1-3H3;1-3H,4H2;/q4*-1;+4. The number of rotatable bonds is 18. The molecule has 1 aliphatic carbocycles. The van der Waals surface area contributed by atoms with Crippen molar-refractivity contribution in [2.45, 2.75) is 66.1 Å². The summed E-state index contributed by atoms with van der Waals surface area (Å²) in [6.07, 6.45) is 13.2. The van der Waals surface area contributed by atoms with Gasteiger partial charge in [-0.2, -0.15) is 25.7 Å². The molecule has 51 heavy (non-hydrogen) atoms. The Morgan fingerprint density at radius 3 is 0.980 bits per heavy atom. The van der Waals surface area contributed by atoms with Gasteiger partial charge >= 0.3 is 25.8 Å². The zero-order valence-corrected chi connectivity index (χ0v) is 37.1. The Labute approximate surface area is 333 Å². The van der Waals surface area contributed by atoms with Crippen LogP contribution in [0.5, 0.6) is 0 Å². The van der Waals surface area contributed by atoms with Gasteiger partial charge in [0.1, 0.15) is 0 Å². The van der Waals surface area contributed by atoms with E-state index in [1.807, 2.05) is 12.2 Å². The monoisotopic (exact) mass is 860 g/mol. The van der Waals surface area contributed by atoms with Gasteiger partial charge in [-0.1, -0.05) is 93.6 Å². The van der Waals surface area contributed by atoms with E-state index in [4.69, 9.17) is 0 Å². The molecule has 0 spiro atoms. The number of allylic oxidation sites excluding steroid dienone is 4. The summed E-state index contributed by atoms with van der Waals surface area (Å²) in [5, 5.41) is 13.1. The minimum absolute atomic E-state index is 0. The van der Waals surface area contributed by atoms with E-state index in [0.717, 1.165) is 84.6 Å². The van der Waals surface area contributed by atoms with Crippen LogP contribution in [0.2, 0.25) is 0 Å². The van der Waals surface area contributed by atoms with Gasteiger partial charge in [-0.25, -0.2) is 12.2 Å². The summed E-state index contributed by atoms with van der Waals surface area (Å²) < 4.78 is 0. The molecule has 0 saturated heterocycles. The van der Waals surface area contributed by atoms with E-state index in [1.165, 1.54) is 33.4 Å². The molecule has 0 aliphatic heterocycles. The van der Waals surface area contributed by atoms with Crippen LogP contribution in [-0.2, 0) is 64.7 Å². The molecular formula is C44H68HfN6. The molecule has 0 aromatic heterocycles. The van der Waals surface area contributed by atoms with E-state index in [1.54, 1.807) is 0 Å². The molecule has 3 aromatic rings. The van der Waals surface area contributed by atoms with Gasteiger partial charge in [-0.15, -0.1) is 26.1 Å². The van der Waals surface area contributed by atoms with E-state index in [-0.39, 0.29) is 25.8 Å². The average molecular weight is 860 g/mol. The minimum atomic E-state index is 0. The van der Waals surface area contributed by atoms with Crippen molar-refractivity contribution in [2.75, 3.05) is 81.6 Å². The largest absolute Gasteiger partial charge is 4.00 e. The van der Waals surface area contributed by atoms with Crippen molar-refractivity contribution >= 4 is 0 Å².